The maximum atomic E-state index is 2.43. The van der Waals surface area contributed by atoms with Crippen molar-refractivity contribution < 1.29 is 0 Å². The molecule has 0 heterocycles. The first kappa shape index (κ1) is 16.0. The largest absolute Gasteiger partial charge is 0.0654 e. The van der Waals surface area contributed by atoms with Gasteiger partial charge in [-0.1, -0.05) is 91.9 Å². The molecule has 0 spiro atoms. The van der Waals surface area contributed by atoms with Gasteiger partial charge in [-0.3, -0.25) is 0 Å². The molecule has 2 unspecified atom stereocenters. The van der Waals surface area contributed by atoms with Crippen LogP contribution in [0.15, 0.2) is 0 Å². The second kappa shape index (κ2) is 11.5. The van der Waals surface area contributed by atoms with Crippen molar-refractivity contribution in [3.05, 3.63) is 0 Å². The van der Waals surface area contributed by atoms with Crippen LogP contribution in [0.3, 0.4) is 0 Å². The van der Waals surface area contributed by atoms with Gasteiger partial charge in [-0.05, 0) is 11.8 Å². The molecule has 0 aromatic heterocycles. The highest BCUT2D eigenvalue weighted by Gasteiger charge is 2.08. The highest BCUT2D eigenvalue weighted by molar-refractivity contribution is 4.60. The third-order valence-corrected chi connectivity index (χ3v) is 4.13. The van der Waals surface area contributed by atoms with Gasteiger partial charge in [-0.25, -0.2) is 0 Å². The van der Waals surface area contributed by atoms with E-state index in [0.29, 0.717) is 0 Å². The van der Waals surface area contributed by atoms with Crippen LogP contribution >= 0.6 is 0 Å². The van der Waals surface area contributed by atoms with Crippen LogP contribution in [0.2, 0.25) is 0 Å². The monoisotopic (exact) mass is 226 g/mol. The normalized spacial score (nSPS) is 15.0. The molecule has 0 radical (unpaired) electrons. The predicted molar refractivity (Wildman–Crippen MR) is 75.8 cm³/mol. The fraction of sp³-hybridized carbons (Fsp3) is 1.00. The van der Waals surface area contributed by atoms with Crippen molar-refractivity contribution in [1.82, 2.24) is 0 Å². The molecule has 0 heteroatoms. The average Bonchev–Trinajstić information content (AvgIpc) is 2.31. The Morgan fingerprint density at radius 1 is 0.625 bits per heavy atom. The van der Waals surface area contributed by atoms with E-state index in [4.69, 9.17) is 0 Å². The maximum Gasteiger partial charge on any atom is -0.0417 e. The first-order chi connectivity index (χ1) is 7.72. The summed E-state index contributed by atoms with van der Waals surface area (Å²) >= 11 is 0. The molecule has 0 nitrogen and oxygen atoms in total. The summed E-state index contributed by atoms with van der Waals surface area (Å²) in [4.78, 5) is 0. The van der Waals surface area contributed by atoms with E-state index < -0.39 is 0 Å². The quantitative estimate of drug-likeness (QED) is 0.368. The summed E-state index contributed by atoms with van der Waals surface area (Å²) in [5.41, 5.74) is 0. The molecule has 0 aliphatic carbocycles. The molecule has 0 N–H and O–H groups in total. The smallest absolute Gasteiger partial charge is 0.0417 e. The molecular formula is C16H34. The summed E-state index contributed by atoms with van der Waals surface area (Å²) in [7, 11) is 0. The van der Waals surface area contributed by atoms with Crippen molar-refractivity contribution in [3.8, 4) is 0 Å². The van der Waals surface area contributed by atoms with Crippen molar-refractivity contribution >= 4 is 0 Å². The van der Waals surface area contributed by atoms with Gasteiger partial charge < -0.3 is 0 Å². The minimum Gasteiger partial charge on any atom is -0.0654 e. The minimum absolute atomic E-state index is 0.921. The van der Waals surface area contributed by atoms with Gasteiger partial charge in [0.25, 0.3) is 0 Å². The Labute approximate surface area is 104 Å². The zero-order chi connectivity index (χ0) is 12.2. The van der Waals surface area contributed by atoms with Gasteiger partial charge in [0.15, 0.2) is 0 Å². The van der Waals surface area contributed by atoms with E-state index in [1.807, 2.05) is 0 Å². The topological polar surface area (TPSA) is 0 Å². The van der Waals surface area contributed by atoms with Gasteiger partial charge in [-0.15, -0.1) is 0 Å². The third-order valence-electron chi connectivity index (χ3n) is 4.13. The molecule has 0 saturated carbocycles. The van der Waals surface area contributed by atoms with E-state index >= 15 is 0 Å². The van der Waals surface area contributed by atoms with E-state index in [-0.39, 0.29) is 0 Å². The Hall–Kier alpha value is 0. The number of hydrogen-bond acceptors (Lipinski definition) is 0. The molecule has 0 saturated heterocycles. The first-order valence-electron chi connectivity index (χ1n) is 7.72. The highest BCUT2D eigenvalue weighted by atomic mass is 14.1. The zero-order valence-corrected chi connectivity index (χ0v) is 12.2. The molecule has 2 atom stereocenters. The summed E-state index contributed by atoms with van der Waals surface area (Å²) in [6.07, 6.45) is 14.4. The van der Waals surface area contributed by atoms with Crippen LogP contribution in [0.5, 0.6) is 0 Å². The van der Waals surface area contributed by atoms with E-state index in [1.54, 1.807) is 0 Å². The Morgan fingerprint density at radius 3 is 1.62 bits per heavy atom. The Morgan fingerprint density at radius 2 is 1.12 bits per heavy atom. The van der Waals surface area contributed by atoms with Gasteiger partial charge in [-0.2, -0.15) is 0 Å². The Bertz CT molecular complexity index is 128. The highest BCUT2D eigenvalue weighted by Crippen LogP contribution is 2.21. The Kier molecular flexibility index (Phi) is 11.5. The van der Waals surface area contributed by atoms with Crippen LogP contribution in [-0.4, -0.2) is 0 Å². The Balaban J connectivity index is 3.14. The summed E-state index contributed by atoms with van der Waals surface area (Å²) in [5.74, 6) is 1.86. The molecule has 0 aliphatic heterocycles. The number of rotatable bonds is 11. The van der Waals surface area contributed by atoms with E-state index in [0.717, 1.165) is 11.8 Å². The second-order valence-electron chi connectivity index (χ2n) is 5.63. The molecule has 0 aromatic carbocycles. The number of hydrogen-bond donors (Lipinski definition) is 0. The fourth-order valence-electron chi connectivity index (χ4n) is 2.29. The molecule has 0 aliphatic rings. The minimum atomic E-state index is 0.921. The van der Waals surface area contributed by atoms with Crippen LogP contribution in [-0.2, 0) is 0 Å². The van der Waals surface area contributed by atoms with Crippen LogP contribution in [0.1, 0.15) is 91.9 Å². The van der Waals surface area contributed by atoms with Crippen molar-refractivity contribution in [1.29, 1.82) is 0 Å². The summed E-state index contributed by atoms with van der Waals surface area (Å²) < 4.78 is 0. The zero-order valence-electron chi connectivity index (χ0n) is 12.2. The number of unbranched alkanes of at least 4 members (excludes halogenated alkanes) is 7. The van der Waals surface area contributed by atoms with Crippen molar-refractivity contribution in [2.24, 2.45) is 11.8 Å². The second-order valence-corrected chi connectivity index (χ2v) is 5.63. The van der Waals surface area contributed by atoms with E-state index in [1.165, 1.54) is 64.2 Å². The fourth-order valence-corrected chi connectivity index (χ4v) is 2.29. The molecule has 0 rings (SSSR count). The van der Waals surface area contributed by atoms with Crippen LogP contribution in [0, 0.1) is 11.8 Å². The molecule has 0 fully saturated rings. The van der Waals surface area contributed by atoms with Crippen LogP contribution < -0.4 is 0 Å². The molecule has 0 amide bonds. The SMILES string of the molecule is CCCCCCCCCCC(C)C(C)CC. The van der Waals surface area contributed by atoms with Gasteiger partial charge >= 0.3 is 0 Å². The average molecular weight is 226 g/mol. The van der Waals surface area contributed by atoms with E-state index in [9.17, 15) is 0 Å². The lowest BCUT2D eigenvalue weighted by atomic mass is 9.89. The van der Waals surface area contributed by atoms with Crippen molar-refractivity contribution in [2.75, 3.05) is 0 Å². The molecular weight excluding hydrogens is 192 g/mol. The van der Waals surface area contributed by atoms with Crippen molar-refractivity contribution in [3.63, 3.8) is 0 Å². The first-order valence-corrected chi connectivity index (χ1v) is 7.72. The lowest BCUT2D eigenvalue weighted by molar-refractivity contribution is 0.342. The summed E-state index contributed by atoms with van der Waals surface area (Å²) in [6, 6.07) is 0. The van der Waals surface area contributed by atoms with Crippen LogP contribution in [0.4, 0.5) is 0 Å². The molecule has 0 bridgehead atoms. The standard InChI is InChI=1S/C16H34/c1-5-7-8-9-10-11-12-13-14-16(4)15(3)6-2/h15-16H,5-14H2,1-4H3. The van der Waals surface area contributed by atoms with Crippen LogP contribution in [0.25, 0.3) is 0 Å². The lowest BCUT2D eigenvalue weighted by Gasteiger charge is -2.17. The summed E-state index contributed by atoms with van der Waals surface area (Å²) in [5, 5.41) is 0. The van der Waals surface area contributed by atoms with E-state index in [2.05, 4.69) is 27.7 Å². The van der Waals surface area contributed by atoms with Gasteiger partial charge in [0.1, 0.15) is 0 Å². The van der Waals surface area contributed by atoms with Gasteiger partial charge in [0.2, 0.25) is 0 Å². The predicted octanol–water partition coefficient (Wildman–Crippen LogP) is 6.20. The summed E-state index contributed by atoms with van der Waals surface area (Å²) in [6.45, 7) is 9.43. The molecule has 98 valence electrons. The van der Waals surface area contributed by atoms with Gasteiger partial charge in [0.05, 0.1) is 0 Å². The van der Waals surface area contributed by atoms with Gasteiger partial charge in [0, 0.05) is 0 Å². The molecule has 0 aromatic rings. The molecule has 16 heavy (non-hydrogen) atoms. The third kappa shape index (κ3) is 9.24. The maximum absolute atomic E-state index is 2.43. The van der Waals surface area contributed by atoms with Crippen molar-refractivity contribution in [2.45, 2.75) is 91.9 Å². The lowest BCUT2D eigenvalue weighted by Crippen LogP contribution is -2.06.